The second-order valence-electron chi connectivity index (χ2n) is 16.1. The van der Waals surface area contributed by atoms with Crippen LogP contribution in [-0.4, -0.2) is 51.6 Å². The number of phosphoric ester groups is 1. The predicted molar refractivity (Wildman–Crippen MR) is 191 cm³/mol. The fourth-order valence-electron chi connectivity index (χ4n) is 11.2. The number of rotatable bonds is 9. The van der Waals surface area contributed by atoms with Crippen molar-refractivity contribution in [2.45, 2.75) is 107 Å². The first-order valence-corrected chi connectivity index (χ1v) is 20.5. The van der Waals surface area contributed by atoms with Crippen LogP contribution in [0.5, 0.6) is 5.75 Å². The molecule has 2 aromatic carbocycles. The molecule has 0 spiro atoms. The normalized spacial score (nSPS) is 37.7. The lowest BCUT2D eigenvalue weighted by molar-refractivity contribution is -0.206. The number of aliphatic hydroxyl groups excluding tert-OH is 2. The van der Waals surface area contributed by atoms with Gasteiger partial charge in [0.25, 0.3) is 0 Å². The molecule has 11 heteroatoms. The Morgan fingerprint density at radius 1 is 1.04 bits per heavy atom. The van der Waals surface area contributed by atoms with Crippen LogP contribution in [0.25, 0.3) is 11.8 Å². The average molecular weight is 727 g/mol. The van der Waals surface area contributed by atoms with E-state index in [4.69, 9.17) is 13.8 Å². The average Bonchev–Trinajstić information content (AvgIpc) is 3.35. The van der Waals surface area contributed by atoms with Gasteiger partial charge in [-0.15, -0.1) is 0 Å². The van der Waals surface area contributed by atoms with Gasteiger partial charge in [-0.1, -0.05) is 56.8 Å². The first-order valence-electron chi connectivity index (χ1n) is 18.2. The van der Waals surface area contributed by atoms with Crippen LogP contribution in [0.15, 0.2) is 52.3 Å². The molecule has 7 rings (SSSR count). The minimum Gasteiger partial charge on any atom is -0.496 e. The van der Waals surface area contributed by atoms with Gasteiger partial charge in [0, 0.05) is 16.9 Å². The Kier molecular flexibility index (Phi) is 9.79. The number of hydrogen-bond acceptors (Lipinski definition) is 8. The second kappa shape index (κ2) is 13.6. The third kappa shape index (κ3) is 6.26. The molecule has 5 aliphatic rings. The zero-order chi connectivity index (χ0) is 35.6. The van der Waals surface area contributed by atoms with Crippen molar-refractivity contribution in [3.8, 4) is 5.75 Å². The summed E-state index contributed by atoms with van der Waals surface area (Å²) in [5, 5.41) is 33.0. The highest BCUT2D eigenvalue weighted by atomic mass is 32.2. The largest absolute Gasteiger partial charge is 0.527 e. The number of aliphatic carboxylic acids is 1. The highest BCUT2D eigenvalue weighted by molar-refractivity contribution is 7.99. The van der Waals surface area contributed by atoms with Crippen molar-refractivity contribution in [3.05, 3.63) is 53.6 Å². The highest BCUT2D eigenvalue weighted by Crippen LogP contribution is 2.69. The van der Waals surface area contributed by atoms with Gasteiger partial charge in [0.05, 0.1) is 30.3 Å². The van der Waals surface area contributed by atoms with Gasteiger partial charge in [0.1, 0.15) is 11.5 Å². The van der Waals surface area contributed by atoms with Crippen LogP contribution in [0, 0.1) is 46.3 Å². The highest BCUT2D eigenvalue weighted by Gasteiger charge is 2.66. The first kappa shape index (κ1) is 36.0. The van der Waals surface area contributed by atoms with E-state index in [0.717, 1.165) is 34.6 Å². The summed E-state index contributed by atoms with van der Waals surface area (Å²) in [6, 6.07) is 13.3. The summed E-state index contributed by atoms with van der Waals surface area (Å²) in [7, 11) is -2.97. The predicted octanol–water partition coefficient (Wildman–Crippen LogP) is 8.26. The van der Waals surface area contributed by atoms with E-state index >= 15 is 0 Å². The number of carboxylic acid groups (broad SMARTS) is 1. The number of methoxy groups -OCH3 is 1. The molecule has 4 saturated carbocycles. The van der Waals surface area contributed by atoms with Crippen molar-refractivity contribution in [2.24, 2.45) is 46.3 Å². The molecule has 272 valence electrons. The number of benzene rings is 2. The van der Waals surface area contributed by atoms with E-state index in [1.807, 2.05) is 42.5 Å². The van der Waals surface area contributed by atoms with E-state index in [9.17, 15) is 29.6 Å². The number of carbonyl (C=O) groups is 1. The number of ether oxygens (including phenoxy) is 1. The fraction of sp³-hybridized carbons (Fsp3) is 0.615. The third-order valence-corrected chi connectivity index (χ3v) is 15.9. The lowest BCUT2D eigenvalue weighted by Gasteiger charge is -2.63. The maximum Gasteiger partial charge on any atom is 0.527 e. The minimum absolute atomic E-state index is 0.0612. The van der Waals surface area contributed by atoms with Crippen molar-refractivity contribution in [1.82, 2.24) is 0 Å². The molecule has 4 fully saturated rings. The van der Waals surface area contributed by atoms with Crippen LogP contribution in [0.4, 0.5) is 0 Å². The van der Waals surface area contributed by atoms with Crippen molar-refractivity contribution in [2.75, 3.05) is 7.11 Å². The van der Waals surface area contributed by atoms with Crippen LogP contribution in [0.1, 0.15) is 89.7 Å². The van der Waals surface area contributed by atoms with Crippen LogP contribution in [0.3, 0.4) is 0 Å². The Morgan fingerprint density at radius 3 is 2.58 bits per heavy atom. The van der Waals surface area contributed by atoms with E-state index in [1.165, 1.54) is 11.8 Å². The van der Waals surface area contributed by atoms with Crippen molar-refractivity contribution in [1.29, 1.82) is 0 Å². The molecule has 4 N–H and O–H groups in total. The number of carboxylic acids is 1. The van der Waals surface area contributed by atoms with Gasteiger partial charge in [-0.25, -0.2) is 4.57 Å². The van der Waals surface area contributed by atoms with Crippen LogP contribution in [0.2, 0.25) is 0 Å². The summed E-state index contributed by atoms with van der Waals surface area (Å²) in [5.41, 5.74) is 0.992. The van der Waals surface area contributed by atoms with Crippen LogP contribution < -0.4 is 4.74 Å². The van der Waals surface area contributed by atoms with Gasteiger partial charge >= 0.3 is 13.8 Å². The Bertz CT molecular complexity index is 1700. The van der Waals surface area contributed by atoms with Gasteiger partial charge in [-0.05, 0) is 128 Å². The zero-order valence-electron chi connectivity index (χ0n) is 29.4. The molecule has 4 aliphatic carbocycles. The van der Waals surface area contributed by atoms with Crippen molar-refractivity contribution >= 4 is 37.4 Å². The van der Waals surface area contributed by atoms with Crippen LogP contribution >= 0.6 is 19.6 Å². The molecule has 9 nitrogen and oxygen atoms in total. The summed E-state index contributed by atoms with van der Waals surface area (Å²) in [6.07, 6.45) is 5.83. The Hall–Kier alpha value is -2.33. The summed E-state index contributed by atoms with van der Waals surface area (Å²) < 4.78 is 31.3. The number of fused-ring (bicyclic) bond motifs is 7. The topological polar surface area (TPSA) is 143 Å². The summed E-state index contributed by atoms with van der Waals surface area (Å²) in [5.74, 6) is 0.896. The van der Waals surface area contributed by atoms with Gasteiger partial charge in [0.2, 0.25) is 0 Å². The molecule has 12 atom stereocenters. The van der Waals surface area contributed by atoms with Crippen LogP contribution in [-0.2, 0) is 18.4 Å². The molecule has 1 aliphatic heterocycles. The Labute approximate surface area is 299 Å². The molecule has 0 aromatic heterocycles. The van der Waals surface area contributed by atoms with E-state index in [0.29, 0.717) is 43.4 Å². The van der Waals surface area contributed by atoms with Gasteiger partial charge < -0.3 is 24.6 Å². The number of hydrogen-bond donors (Lipinski definition) is 4. The third-order valence-electron chi connectivity index (χ3n) is 13.7. The number of phosphoric acid groups is 1. The maximum absolute atomic E-state index is 13.8. The number of aliphatic hydroxyl groups is 2. The molecule has 0 saturated heterocycles. The van der Waals surface area contributed by atoms with Gasteiger partial charge in [0.15, 0.2) is 0 Å². The SMILES string of the molecule is COc1cccc2c1Sc1ccccc1C=C2OP(=O)(O)O[C@@H]1CC[C@@]2(C)[C@@H](C1)C[C@@H](O)[C@@H]1[C@@H]2C[C@H](O)[C@]2(C)[C@@H]([C@H](C)CCC(=O)O)CC[C@@H]12. The van der Waals surface area contributed by atoms with E-state index in [-0.39, 0.29) is 58.5 Å². The monoisotopic (exact) mass is 726 g/mol. The lowest BCUT2D eigenvalue weighted by atomic mass is 9.43. The summed E-state index contributed by atoms with van der Waals surface area (Å²) >= 11 is 1.52. The molecular formula is C39H51O9PS. The van der Waals surface area contributed by atoms with Crippen molar-refractivity contribution < 1.29 is 43.4 Å². The molecule has 0 radical (unpaired) electrons. The van der Waals surface area contributed by atoms with Gasteiger partial charge in [-0.3, -0.25) is 14.2 Å². The molecular weight excluding hydrogens is 675 g/mol. The van der Waals surface area contributed by atoms with E-state index in [2.05, 4.69) is 20.8 Å². The molecule has 1 unspecified atom stereocenters. The maximum atomic E-state index is 13.8. The summed E-state index contributed by atoms with van der Waals surface area (Å²) in [6.45, 7) is 6.60. The standard InChI is InChI=1S/C39H51O9PS/c1-22(12-15-35(42)43)27-13-14-28-36-29(21-34(41)39(27,28)3)38(2)17-16-25(19-24(38)20-30(36)40)47-49(44,45)48-32-18-23-8-5-6-11-33(23)50-37-26(32)9-7-10-31(37)46-4/h5-11,18,22,24-25,27-30,34,36,40-41H,12-17,19-21H2,1-4H3,(H,42,43)(H,44,45)/t22-,24+,25-,27-,28+,29+,30-,34+,36+,38+,39-/m1/s1. The minimum atomic E-state index is -4.57. The Balaban J connectivity index is 1.07. The summed E-state index contributed by atoms with van der Waals surface area (Å²) in [4.78, 5) is 24.3. The van der Waals surface area contributed by atoms with E-state index < -0.39 is 32.1 Å². The zero-order valence-corrected chi connectivity index (χ0v) is 31.1. The molecule has 2 aromatic rings. The molecule has 1 heterocycles. The second-order valence-corrected chi connectivity index (χ2v) is 18.4. The molecule has 0 bridgehead atoms. The molecule has 50 heavy (non-hydrogen) atoms. The quantitative estimate of drug-likeness (QED) is 0.187. The van der Waals surface area contributed by atoms with Gasteiger partial charge in [-0.2, -0.15) is 0 Å². The molecule has 0 amide bonds. The first-order chi connectivity index (χ1) is 23.7. The van der Waals surface area contributed by atoms with Crippen molar-refractivity contribution in [3.63, 3.8) is 0 Å². The smallest absolute Gasteiger partial charge is 0.496 e. The lowest BCUT2D eigenvalue weighted by Crippen LogP contribution is -2.62. The van der Waals surface area contributed by atoms with E-state index in [1.54, 1.807) is 13.2 Å². The fourth-order valence-corrected chi connectivity index (χ4v) is 13.3. The Morgan fingerprint density at radius 2 is 1.82 bits per heavy atom.